The Morgan fingerprint density at radius 3 is 2.95 bits per heavy atom. The Morgan fingerprint density at radius 2 is 2.32 bits per heavy atom. The molecule has 7 nitrogen and oxygen atoms in total. The van der Waals surface area contributed by atoms with Crippen molar-refractivity contribution in [2.45, 2.75) is 6.42 Å². The minimum atomic E-state index is -0.253. The van der Waals surface area contributed by atoms with Crippen LogP contribution in [0.4, 0.5) is 5.82 Å². The van der Waals surface area contributed by atoms with E-state index in [1.54, 1.807) is 14.2 Å². The minimum absolute atomic E-state index is 0.251. The summed E-state index contributed by atoms with van der Waals surface area (Å²) in [5.74, 6) is 0.273. The topological polar surface area (TPSA) is 91.1 Å². The molecule has 1 rings (SSSR count). The number of hydrogen-bond donors (Lipinski definition) is 1. The summed E-state index contributed by atoms with van der Waals surface area (Å²) in [6, 6.07) is 2.02. The zero-order valence-electron chi connectivity index (χ0n) is 11.1. The molecule has 0 saturated carbocycles. The van der Waals surface area contributed by atoms with E-state index in [0.717, 1.165) is 0 Å². The summed E-state index contributed by atoms with van der Waals surface area (Å²) in [5.41, 5.74) is 0.251. The van der Waals surface area contributed by atoms with E-state index in [1.807, 2.05) is 6.07 Å². The third-order valence-electron chi connectivity index (χ3n) is 2.46. The SMILES string of the molecule is CNc1cncc(C(=O)N(CCC#N)CCOC)n1. The quantitative estimate of drug-likeness (QED) is 0.771. The zero-order valence-corrected chi connectivity index (χ0v) is 11.1. The molecule has 7 heteroatoms. The number of nitriles is 1. The molecule has 1 N–H and O–H groups in total. The first kappa shape index (κ1) is 14.9. The van der Waals surface area contributed by atoms with Gasteiger partial charge in [0.05, 0.1) is 31.5 Å². The van der Waals surface area contributed by atoms with Gasteiger partial charge in [-0.05, 0) is 0 Å². The van der Waals surface area contributed by atoms with Gasteiger partial charge in [0, 0.05) is 27.2 Å². The Kier molecular flexibility index (Phi) is 6.26. The summed E-state index contributed by atoms with van der Waals surface area (Å²) in [4.78, 5) is 21.9. The highest BCUT2D eigenvalue weighted by molar-refractivity contribution is 5.92. The number of amides is 1. The first-order valence-corrected chi connectivity index (χ1v) is 5.88. The van der Waals surface area contributed by atoms with Crippen LogP contribution in [0.15, 0.2) is 12.4 Å². The van der Waals surface area contributed by atoms with Crippen molar-refractivity contribution < 1.29 is 9.53 Å². The second kappa shape index (κ2) is 8.00. The van der Waals surface area contributed by atoms with Crippen LogP contribution in [0.25, 0.3) is 0 Å². The molecular weight excluding hydrogens is 246 g/mol. The molecule has 0 aliphatic carbocycles. The summed E-state index contributed by atoms with van der Waals surface area (Å²) in [6.45, 7) is 1.18. The van der Waals surface area contributed by atoms with Crippen molar-refractivity contribution in [3.8, 4) is 6.07 Å². The van der Waals surface area contributed by atoms with Crippen LogP contribution in [-0.4, -0.2) is 54.6 Å². The fourth-order valence-corrected chi connectivity index (χ4v) is 1.45. The third kappa shape index (κ3) is 4.52. The molecule has 0 bridgehead atoms. The number of nitrogens with zero attached hydrogens (tertiary/aromatic N) is 4. The van der Waals surface area contributed by atoms with Gasteiger partial charge in [-0.15, -0.1) is 0 Å². The third-order valence-corrected chi connectivity index (χ3v) is 2.46. The molecule has 0 aliphatic heterocycles. The van der Waals surface area contributed by atoms with Crippen molar-refractivity contribution in [1.29, 1.82) is 5.26 Å². The van der Waals surface area contributed by atoms with Crippen LogP contribution >= 0.6 is 0 Å². The number of ether oxygens (including phenoxy) is 1. The predicted octanol–water partition coefficient (Wildman–Crippen LogP) is 0.521. The summed E-state index contributed by atoms with van der Waals surface area (Å²) in [7, 11) is 3.27. The average Bonchev–Trinajstić information content (AvgIpc) is 2.47. The lowest BCUT2D eigenvalue weighted by molar-refractivity contribution is 0.0694. The largest absolute Gasteiger partial charge is 0.383 e. The lowest BCUT2D eigenvalue weighted by Crippen LogP contribution is -2.35. The van der Waals surface area contributed by atoms with Crippen molar-refractivity contribution in [1.82, 2.24) is 14.9 Å². The van der Waals surface area contributed by atoms with Gasteiger partial charge in [0.25, 0.3) is 5.91 Å². The first-order valence-electron chi connectivity index (χ1n) is 5.88. The lowest BCUT2D eigenvalue weighted by atomic mass is 10.3. The van der Waals surface area contributed by atoms with E-state index in [0.29, 0.717) is 25.5 Å². The van der Waals surface area contributed by atoms with E-state index in [2.05, 4.69) is 15.3 Å². The number of carbonyl (C=O) groups excluding carboxylic acids is 1. The normalized spacial score (nSPS) is 9.74. The molecule has 0 fully saturated rings. The molecule has 1 heterocycles. The summed E-state index contributed by atoms with van der Waals surface area (Å²) >= 11 is 0. The smallest absolute Gasteiger partial charge is 0.274 e. The lowest BCUT2D eigenvalue weighted by Gasteiger charge is -2.20. The summed E-state index contributed by atoms with van der Waals surface area (Å²) in [6.07, 6.45) is 3.22. The monoisotopic (exact) mass is 263 g/mol. The van der Waals surface area contributed by atoms with Crippen LogP contribution in [0.2, 0.25) is 0 Å². The minimum Gasteiger partial charge on any atom is -0.383 e. The maximum Gasteiger partial charge on any atom is 0.274 e. The van der Waals surface area contributed by atoms with Crippen molar-refractivity contribution in [2.75, 3.05) is 39.2 Å². The molecule has 0 saturated heterocycles. The molecular formula is C12H17N5O2. The predicted molar refractivity (Wildman–Crippen MR) is 69.6 cm³/mol. The van der Waals surface area contributed by atoms with Gasteiger partial charge in [-0.3, -0.25) is 9.78 Å². The molecule has 0 atom stereocenters. The molecule has 0 aromatic carbocycles. The van der Waals surface area contributed by atoms with Crippen LogP contribution in [0.5, 0.6) is 0 Å². The van der Waals surface area contributed by atoms with Gasteiger partial charge in [0.2, 0.25) is 0 Å². The van der Waals surface area contributed by atoms with Crippen molar-refractivity contribution in [3.63, 3.8) is 0 Å². The molecule has 0 aliphatic rings. The number of carbonyl (C=O) groups is 1. The Hall–Kier alpha value is -2.20. The number of rotatable bonds is 7. The van der Waals surface area contributed by atoms with Gasteiger partial charge in [-0.25, -0.2) is 4.98 Å². The van der Waals surface area contributed by atoms with E-state index in [4.69, 9.17) is 10.00 Å². The van der Waals surface area contributed by atoms with Crippen LogP contribution in [0.1, 0.15) is 16.9 Å². The van der Waals surface area contributed by atoms with E-state index < -0.39 is 0 Å². The number of aromatic nitrogens is 2. The fraction of sp³-hybridized carbons (Fsp3) is 0.500. The Balaban J connectivity index is 2.81. The zero-order chi connectivity index (χ0) is 14.1. The standard InChI is InChI=1S/C12H17N5O2/c1-14-11-9-15-8-10(16-11)12(18)17(5-3-4-13)6-7-19-2/h8-9H,3,5-7H2,1-2H3,(H,14,16). The summed E-state index contributed by atoms with van der Waals surface area (Å²) < 4.78 is 4.96. The molecule has 1 aromatic rings. The van der Waals surface area contributed by atoms with Crippen molar-refractivity contribution >= 4 is 11.7 Å². The maximum atomic E-state index is 12.3. The van der Waals surface area contributed by atoms with Gasteiger partial charge in [0.1, 0.15) is 11.5 Å². The van der Waals surface area contributed by atoms with Gasteiger partial charge >= 0.3 is 0 Å². The Morgan fingerprint density at radius 1 is 1.53 bits per heavy atom. The number of anilines is 1. The highest BCUT2D eigenvalue weighted by atomic mass is 16.5. The van der Waals surface area contributed by atoms with Crippen LogP contribution in [-0.2, 0) is 4.74 Å². The second-order valence-corrected chi connectivity index (χ2v) is 3.73. The van der Waals surface area contributed by atoms with Gasteiger partial charge < -0.3 is 15.0 Å². The average molecular weight is 263 g/mol. The van der Waals surface area contributed by atoms with Crippen molar-refractivity contribution in [3.05, 3.63) is 18.1 Å². The van der Waals surface area contributed by atoms with Gasteiger partial charge in [-0.1, -0.05) is 0 Å². The molecule has 102 valence electrons. The molecule has 0 spiro atoms. The van der Waals surface area contributed by atoms with E-state index in [9.17, 15) is 4.79 Å². The van der Waals surface area contributed by atoms with Crippen LogP contribution in [0, 0.1) is 11.3 Å². The molecule has 19 heavy (non-hydrogen) atoms. The van der Waals surface area contributed by atoms with E-state index >= 15 is 0 Å². The molecule has 0 unspecified atom stereocenters. The fourth-order valence-electron chi connectivity index (χ4n) is 1.45. The van der Waals surface area contributed by atoms with Gasteiger partial charge in [-0.2, -0.15) is 5.26 Å². The molecule has 0 radical (unpaired) electrons. The highest BCUT2D eigenvalue weighted by Crippen LogP contribution is 2.05. The summed E-state index contributed by atoms with van der Waals surface area (Å²) in [5, 5.41) is 11.4. The van der Waals surface area contributed by atoms with E-state index in [1.165, 1.54) is 17.3 Å². The number of nitrogens with one attached hydrogen (secondary N) is 1. The highest BCUT2D eigenvalue weighted by Gasteiger charge is 2.17. The number of hydrogen-bond acceptors (Lipinski definition) is 6. The molecule has 1 amide bonds. The first-order chi connectivity index (χ1) is 9.22. The van der Waals surface area contributed by atoms with Gasteiger partial charge in [0.15, 0.2) is 0 Å². The second-order valence-electron chi connectivity index (χ2n) is 3.73. The Bertz CT molecular complexity index is 458. The Labute approximate surface area is 112 Å². The molecule has 1 aromatic heterocycles. The van der Waals surface area contributed by atoms with Crippen molar-refractivity contribution in [2.24, 2.45) is 0 Å². The number of methoxy groups -OCH3 is 1. The van der Waals surface area contributed by atoms with Crippen LogP contribution < -0.4 is 5.32 Å². The van der Waals surface area contributed by atoms with Crippen LogP contribution in [0.3, 0.4) is 0 Å². The van der Waals surface area contributed by atoms with E-state index in [-0.39, 0.29) is 18.0 Å². The maximum absolute atomic E-state index is 12.3.